The fourth-order valence-electron chi connectivity index (χ4n) is 2.99. The molecule has 6 nitrogen and oxygen atoms in total. The summed E-state index contributed by atoms with van der Waals surface area (Å²) in [5, 5.41) is 14.1. The van der Waals surface area contributed by atoms with Crippen molar-refractivity contribution < 1.29 is 24.2 Å². The number of nitrogens with one attached hydrogen (secondary N) is 1. The Hall–Kier alpha value is -2.60. The summed E-state index contributed by atoms with van der Waals surface area (Å²) in [7, 11) is 0. The van der Waals surface area contributed by atoms with Crippen molar-refractivity contribution in [3.05, 3.63) is 42.5 Å². The maximum absolute atomic E-state index is 12.5. The van der Waals surface area contributed by atoms with Crippen LogP contribution in [0.1, 0.15) is 19.8 Å². The highest BCUT2D eigenvalue weighted by molar-refractivity contribution is 5.91. The molecule has 0 radical (unpaired) electrons. The van der Waals surface area contributed by atoms with Gasteiger partial charge >= 0.3 is 5.97 Å². The molecule has 3 rings (SSSR count). The van der Waals surface area contributed by atoms with Crippen LogP contribution in [0.15, 0.2) is 42.5 Å². The van der Waals surface area contributed by atoms with Crippen LogP contribution in [0.5, 0.6) is 5.75 Å². The molecule has 2 aromatic carbocycles. The van der Waals surface area contributed by atoms with Crippen molar-refractivity contribution in [1.29, 1.82) is 0 Å². The van der Waals surface area contributed by atoms with Crippen molar-refractivity contribution in [2.45, 2.75) is 31.4 Å². The number of carbonyl (C=O) groups excluding carboxylic acids is 1. The summed E-state index contributed by atoms with van der Waals surface area (Å²) in [6, 6.07) is 13.4. The normalized spacial score (nSPS) is 17.6. The van der Waals surface area contributed by atoms with Gasteiger partial charge in [-0.3, -0.25) is 4.79 Å². The van der Waals surface area contributed by atoms with Crippen LogP contribution in [0.2, 0.25) is 0 Å². The van der Waals surface area contributed by atoms with Gasteiger partial charge in [-0.1, -0.05) is 36.4 Å². The standard InChI is InChI=1S/C19H21NO5/c1-13(17(21)20-19(18(22)23)9-11-24-12-10-19)25-16-8-4-6-14-5-2-3-7-15(14)16/h2-8,13H,9-12H2,1H3,(H,20,21)(H,22,23). The van der Waals surface area contributed by atoms with E-state index >= 15 is 0 Å². The number of hydrogen-bond acceptors (Lipinski definition) is 4. The Bertz CT molecular complexity index is 777. The maximum atomic E-state index is 12.5. The van der Waals surface area contributed by atoms with E-state index in [2.05, 4.69) is 5.32 Å². The van der Waals surface area contributed by atoms with E-state index < -0.39 is 23.5 Å². The fourth-order valence-corrected chi connectivity index (χ4v) is 2.99. The average molecular weight is 343 g/mol. The molecule has 1 atom stereocenters. The van der Waals surface area contributed by atoms with Gasteiger partial charge in [0, 0.05) is 31.4 Å². The highest BCUT2D eigenvalue weighted by atomic mass is 16.5. The first-order valence-electron chi connectivity index (χ1n) is 8.29. The first-order chi connectivity index (χ1) is 12.0. The average Bonchev–Trinajstić information content (AvgIpc) is 2.62. The third-order valence-corrected chi connectivity index (χ3v) is 4.54. The van der Waals surface area contributed by atoms with Crippen LogP contribution in [0.3, 0.4) is 0 Å². The minimum atomic E-state index is -1.29. The highest BCUT2D eigenvalue weighted by Gasteiger charge is 2.42. The Labute approximate surface area is 145 Å². The number of carbonyl (C=O) groups is 2. The quantitative estimate of drug-likeness (QED) is 0.870. The molecule has 132 valence electrons. The number of carboxylic acid groups (broad SMARTS) is 1. The number of amides is 1. The van der Waals surface area contributed by atoms with E-state index in [4.69, 9.17) is 9.47 Å². The van der Waals surface area contributed by atoms with Crippen LogP contribution in [0.25, 0.3) is 10.8 Å². The van der Waals surface area contributed by atoms with E-state index in [9.17, 15) is 14.7 Å². The number of hydrogen-bond donors (Lipinski definition) is 2. The van der Waals surface area contributed by atoms with Crippen molar-refractivity contribution >= 4 is 22.6 Å². The van der Waals surface area contributed by atoms with E-state index in [0.717, 1.165) is 10.8 Å². The molecule has 0 spiro atoms. The van der Waals surface area contributed by atoms with Gasteiger partial charge in [0.1, 0.15) is 11.3 Å². The lowest BCUT2D eigenvalue weighted by Gasteiger charge is -2.34. The monoisotopic (exact) mass is 343 g/mol. The van der Waals surface area contributed by atoms with Gasteiger partial charge in [-0.2, -0.15) is 0 Å². The van der Waals surface area contributed by atoms with Gasteiger partial charge < -0.3 is 19.9 Å². The second-order valence-electron chi connectivity index (χ2n) is 6.23. The van der Waals surface area contributed by atoms with E-state index in [-0.39, 0.29) is 12.8 Å². The molecule has 2 aromatic rings. The molecular weight excluding hydrogens is 322 g/mol. The van der Waals surface area contributed by atoms with Gasteiger partial charge in [-0.15, -0.1) is 0 Å². The molecule has 1 fully saturated rings. The molecule has 0 saturated carbocycles. The Morgan fingerprint density at radius 2 is 1.84 bits per heavy atom. The first kappa shape index (κ1) is 17.2. The fraction of sp³-hybridized carbons (Fsp3) is 0.368. The van der Waals surface area contributed by atoms with Gasteiger partial charge in [-0.05, 0) is 18.4 Å². The van der Waals surface area contributed by atoms with Crippen molar-refractivity contribution in [2.75, 3.05) is 13.2 Å². The Kier molecular flexibility index (Phi) is 4.90. The lowest BCUT2D eigenvalue weighted by Crippen LogP contribution is -2.59. The van der Waals surface area contributed by atoms with Gasteiger partial charge in [0.2, 0.25) is 0 Å². The molecule has 1 unspecified atom stereocenters. The van der Waals surface area contributed by atoms with E-state index in [0.29, 0.717) is 19.0 Å². The molecule has 1 saturated heterocycles. The number of carboxylic acids is 1. The predicted molar refractivity (Wildman–Crippen MR) is 92.6 cm³/mol. The summed E-state index contributed by atoms with van der Waals surface area (Å²) in [6.07, 6.45) is -0.325. The van der Waals surface area contributed by atoms with Crippen molar-refractivity contribution in [3.8, 4) is 5.75 Å². The lowest BCUT2D eigenvalue weighted by atomic mass is 9.90. The van der Waals surface area contributed by atoms with Crippen LogP contribution in [-0.2, 0) is 14.3 Å². The predicted octanol–water partition coefficient (Wildman–Crippen LogP) is 2.36. The smallest absolute Gasteiger partial charge is 0.329 e. The van der Waals surface area contributed by atoms with Crippen molar-refractivity contribution in [3.63, 3.8) is 0 Å². The molecule has 6 heteroatoms. The number of benzene rings is 2. The zero-order valence-corrected chi connectivity index (χ0v) is 14.0. The number of ether oxygens (including phenoxy) is 2. The molecule has 1 aliphatic rings. The van der Waals surface area contributed by atoms with Gasteiger partial charge in [0.05, 0.1) is 0 Å². The van der Waals surface area contributed by atoms with Gasteiger partial charge in [-0.25, -0.2) is 4.79 Å². The van der Waals surface area contributed by atoms with Crippen LogP contribution >= 0.6 is 0 Å². The summed E-state index contributed by atoms with van der Waals surface area (Å²) in [4.78, 5) is 24.2. The molecule has 0 aromatic heterocycles. The molecule has 0 aliphatic carbocycles. The molecule has 1 aliphatic heterocycles. The summed E-state index contributed by atoms with van der Waals surface area (Å²) >= 11 is 0. The molecule has 2 N–H and O–H groups in total. The van der Waals surface area contributed by atoms with E-state index in [1.54, 1.807) is 13.0 Å². The molecule has 0 bridgehead atoms. The summed E-state index contributed by atoms with van der Waals surface area (Å²) < 4.78 is 11.0. The molecule has 25 heavy (non-hydrogen) atoms. The van der Waals surface area contributed by atoms with Gasteiger partial charge in [0.15, 0.2) is 6.10 Å². The first-order valence-corrected chi connectivity index (χ1v) is 8.29. The number of fused-ring (bicyclic) bond motifs is 1. The zero-order chi connectivity index (χ0) is 17.9. The van der Waals surface area contributed by atoms with E-state index in [1.807, 2.05) is 36.4 Å². The highest BCUT2D eigenvalue weighted by Crippen LogP contribution is 2.26. The second-order valence-corrected chi connectivity index (χ2v) is 6.23. The van der Waals surface area contributed by atoms with Crippen LogP contribution in [-0.4, -0.2) is 41.8 Å². The van der Waals surface area contributed by atoms with Crippen LogP contribution < -0.4 is 10.1 Å². The molecular formula is C19H21NO5. The van der Waals surface area contributed by atoms with Crippen molar-refractivity contribution in [2.24, 2.45) is 0 Å². The number of rotatable bonds is 5. The minimum Gasteiger partial charge on any atom is -0.480 e. The summed E-state index contributed by atoms with van der Waals surface area (Å²) in [6.45, 7) is 2.24. The summed E-state index contributed by atoms with van der Waals surface area (Å²) in [5.74, 6) is -0.893. The van der Waals surface area contributed by atoms with Gasteiger partial charge in [0.25, 0.3) is 5.91 Å². The third kappa shape index (κ3) is 3.58. The zero-order valence-electron chi connectivity index (χ0n) is 14.0. The van der Waals surface area contributed by atoms with Crippen molar-refractivity contribution in [1.82, 2.24) is 5.32 Å². The largest absolute Gasteiger partial charge is 0.480 e. The maximum Gasteiger partial charge on any atom is 0.329 e. The Morgan fingerprint density at radius 1 is 1.16 bits per heavy atom. The van der Waals surface area contributed by atoms with E-state index in [1.165, 1.54) is 0 Å². The SMILES string of the molecule is CC(Oc1cccc2ccccc12)C(=O)NC1(C(=O)O)CCOCC1. The summed E-state index contributed by atoms with van der Waals surface area (Å²) in [5.41, 5.74) is -1.29. The topological polar surface area (TPSA) is 84.9 Å². The van der Waals surface area contributed by atoms with Crippen LogP contribution in [0.4, 0.5) is 0 Å². The minimum absolute atomic E-state index is 0.245. The number of aliphatic carboxylic acids is 1. The Balaban J connectivity index is 1.75. The Morgan fingerprint density at radius 3 is 2.56 bits per heavy atom. The molecule has 1 amide bonds. The second kappa shape index (κ2) is 7.11. The third-order valence-electron chi connectivity index (χ3n) is 4.54. The van der Waals surface area contributed by atoms with Crippen LogP contribution in [0, 0.1) is 0 Å². The lowest BCUT2D eigenvalue weighted by molar-refractivity contribution is -0.153. The molecule has 1 heterocycles.